The van der Waals surface area contributed by atoms with E-state index in [1.165, 1.54) is 0 Å². The van der Waals surface area contributed by atoms with E-state index >= 15 is 0 Å². The molecule has 0 spiro atoms. The van der Waals surface area contributed by atoms with Crippen molar-refractivity contribution in [3.05, 3.63) is 28.8 Å². The summed E-state index contributed by atoms with van der Waals surface area (Å²) in [5, 5.41) is 9.79. The van der Waals surface area contributed by atoms with Crippen molar-refractivity contribution in [2.45, 2.75) is 25.6 Å². The Hall–Kier alpha value is -0.940. The van der Waals surface area contributed by atoms with E-state index in [1.807, 2.05) is 4.90 Å². The van der Waals surface area contributed by atoms with Crippen LogP contribution in [0, 0.1) is 5.92 Å². The van der Waals surface area contributed by atoms with Gasteiger partial charge in [-0.3, -0.25) is 0 Å². The number of alkyl halides is 3. The summed E-state index contributed by atoms with van der Waals surface area (Å²) in [6.45, 7) is 0.515. The van der Waals surface area contributed by atoms with Crippen molar-refractivity contribution in [3.63, 3.8) is 0 Å². The predicted octanol–water partition coefficient (Wildman–Crippen LogP) is 3.61. The Labute approximate surface area is 114 Å². The van der Waals surface area contributed by atoms with Gasteiger partial charge in [0.25, 0.3) is 0 Å². The third-order valence-corrected chi connectivity index (χ3v) is 3.75. The summed E-state index contributed by atoms with van der Waals surface area (Å²) in [6, 6.07) is 5.06. The lowest BCUT2D eigenvalue weighted by atomic mass is 9.95. The fourth-order valence-electron chi connectivity index (χ4n) is 2.41. The van der Waals surface area contributed by atoms with Crippen molar-refractivity contribution in [1.29, 1.82) is 0 Å². The number of aliphatic hydroxyl groups excluding tert-OH is 1. The summed E-state index contributed by atoms with van der Waals surface area (Å²) in [5.74, 6) is -1.22. The van der Waals surface area contributed by atoms with Gasteiger partial charge in [-0.05, 0) is 25.0 Å². The summed E-state index contributed by atoms with van der Waals surface area (Å²) in [6.07, 6.45) is -3.94. The number of anilines is 1. The Morgan fingerprint density at radius 1 is 1.26 bits per heavy atom. The Balaban J connectivity index is 2.11. The molecule has 0 unspecified atom stereocenters. The van der Waals surface area contributed by atoms with Crippen LogP contribution < -0.4 is 4.90 Å². The van der Waals surface area contributed by atoms with Crippen LogP contribution in [0.3, 0.4) is 0 Å². The number of aliphatic hydroxyl groups is 1. The van der Waals surface area contributed by atoms with Crippen molar-refractivity contribution in [1.82, 2.24) is 0 Å². The van der Waals surface area contributed by atoms with Gasteiger partial charge in [-0.25, -0.2) is 0 Å². The minimum Gasteiger partial charge on any atom is -0.392 e. The Morgan fingerprint density at radius 3 is 2.42 bits per heavy atom. The molecule has 1 aliphatic heterocycles. The van der Waals surface area contributed by atoms with Crippen molar-refractivity contribution in [3.8, 4) is 0 Å². The minimum atomic E-state index is -4.11. The van der Waals surface area contributed by atoms with E-state index in [2.05, 4.69) is 0 Å². The van der Waals surface area contributed by atoms with Gasteiger partial charge in [-0.2, -0.15) is 13.2 Å². The lowest BCUT2D eigenvalue weighted by Crippen LogP contribution is -2.39. The van der Waals surface area contributed by atoms with Crippen molar-refractivity contribution in [2.24, 2.45) is 5.92 Å². The molecule has 2 rings (SSSR count). The molecule has 0 radical (unpaired) electrons. The van der Waals surface area contributed by atoms with E-state index in [4.69, 9.17) is 11.6 Å². The van der Waals surface area contributed by atoms with E-state index < -0.39 is 12.1 Å². The average Bonchev–Trinajstić information content (AvgIpc) is 2.38. The fourth-order valence-corrected chi connectivity index (χ4v) is 2.58. The molecule has 1 heterocycles. The highest BCUT2D eigenvalue weighted by Crippen LogP contribution is 2.36. The molecule has 19 heavy (non-hydrogen) atoms. The summed E-state index contributed by atoms with van der Waals surface area (Å²) < 4.78 is 37.8. The summed E-state index contributed by atoms with van der Waals surface area (Å²) >= 11 is 5.91. The zero-order chi connectivity index (χ0) is 14.0. The maximum Gasteiger partial charge on any atom is 0.391 e. The number of halogens is 4. The SMILES string of the molecule is OCc1ccc(Cl)cc1N1CCC(C(F)(F)F)CC1. The molecule has 0 amide bonds. The molecule has 1 saturated heterocycles. The zero-order valence-corrected chi connectivity index (χ0v) is 11.0. The predicted molar refractivity (Wildman–Crippen MR) is 68.4 cm³/mol. The van der Waals surface area contributed by atoms with Crippen LogP contribution in [0.2, 0.25) is 5.02 Å². The van der Waals surface area contributed by atoms with Crippen LogP contribution in [0.15, 0.2) is 18.2 Å². The van der Waals surface area contributed by atoms with E-state index in [0.717, 1.165) is 5.69 Å². The topological polar surface area (TPSA) is 23.5 Å². The van der Waals surface area contributed by atoms with Crippen LogP contribution in [-0.4, -0.2) is 24.4 Å². The zero-order valence-electron chi connectivity index (χ0n) is 10.3. The molecule has 0 saturated carbocycles. The van der Waals surface area contributed by atoms with Gasteiger partial charge in [0.15, 0.2) is 0 Å². The Bertz CT molecular complexity index is 442. The number of rotatable bonds is 2. The third kappa shape index (κ3) is 3.34. The summed E-state index contributed by atoms with van der Waals surface area (Å²) in [7, 11) is 0. The van der Waals surface area contributed by atoms with Crippen LogP contribution in [0.25, 0.3) is 0 Å². The smallest absolute Gasteiger partial charge is 0.391 e. The summed E-state index contributed by atoms with van der Waals surface area (Å²) in [4.78, 5) is 1.86. The first kappa shape index (κ1) is 14.5. The lowest BCUT2D eigenvalue weighted by Gasteiger charge is -2.35. The van der Waals surface area contributed by atoms with E-state index in [0.29, 0.717) is 23.7 Å². The highest BCUT2D eigenvalue weighted by Gasteiger charge is 2.41. The largest absolute Gasteiger partial charge is 0.392 e. The number of piperidine rings is 1. The molecule has 0 atom stereocenters. The van der Waals surface area contributed by atoms with Gasteiger partial charge in [-0.1, -0.05) is 17.7 Å². The third-order valence-electron chi connectivity index (χ3n) is 3.52. The second-order valence-electron chi connectivity index (χ2n) is 4.73. The molecule has 0 bridgehead atoms. The molecule has 1 N–H and O–H groups in total. The van der Waals surface area contributed by atoms with E-state index in [-0.39, 0.29) is 19.4 Å². The van der Waals surface area contributed by atoms with Crippen LogP contribution in [0.1, 0.15) is 18.4 Å². The van der Waals surface area contributed by atoms with Crippen molar-refractivity contribution in [2.75, 3.05) is 18.0 Å². The lowest BCUT2D eigenvalue weighted by molar-refractivity contribution is -0.179. The maximum atomic E-state index is 12.6. The number of hydrogen-bond donors (Lipinski definition) is 1. The Kier molecular flexibility index (Phi) is 4.26. The van der Waals surface area contributed by atoms with Gasteiger partial charge in [-0.15, -0.1) is 0 Å². The number of hydrogen-bond acceptors (Lipinski definition) is 2. The molecule has 6 heteroatoms. The second-order valence-corrected chi connectivity index (χ2v) is 5.17. The minimum absolute atomic E-state index is 0.0842. The van der Waals surface area contributed by atoms with Crippen LogP contribution in [0.5, 0.6) is 0 Å². The van der Waals surface area contributed by atoms with Crippen molar-refractivity contribution < 1.29 is 18.3 Å². The molecule has 106 valence electrons. The highest BCUT2D eigenvalue weighted by atomic mass is 35.5. The van der Waals surface area contributed by atoms with Crippen LogP contribution >= 0.6 is 11.6 Å². The van der Waals surface area contributed by atoms with Gasteiger partial charge >= 0.3 is 6.18 Å². The first-order valence-electron chi connectivity index (χ1n) is 6.12. The average molecular weight is 294 g/mol. The Morgan fingerprint density at radius 2 is 1.89 bits per heavy atom. The number of nitrogens with zero attached hydrogens (tertiary/aromatic N) is 1. The molecule has 1 aromatic carbocycles. The monoisotopic (exact) mass is 293 g/mol. The van der Waals surface area contributed by atoms with E-state index in [9.17, 15) is 18.3 Å². The molecule has 2 nitrogen and oxygen atoms in total. The standard InChI is InChI=1S/C13H15ClF3NO/c14-11-2-1-9(8-19)12(7-11)18-5-3-10(4-6-18)13(15,16)17/h1-2,7,10,19H,3-6,8H2. The molecular formula is C13H15ClF3NO. The first-order chi connectivity index (χ1) is 8.91. The summed E-state index contributed by atoms with van der Waals surface area (Å²) in [5.41, 5.74) is 1.42. The van der Waals surface area contributed by atoms with E-state index in [1.54, 1.807) is 18.2 Å². The quantitative estimate of drug-likeness (QED) is 0.900. The molecule has 0 aromatic heterocycles. The van der Waals surface area contributed by atoms with Crippen LogP contribution in [0.4, 0.5) is 18.9 Å². The molecular weight excluding hydrogens is 279 g/mol. The normalized spacial score (nSPS) is 17.8. The van der Waals surface area contributed by atoms with Crippen molar-refractivity contribution >= 4 is 17.3 Å². The molecule has 0 aliphatic carbocycles. The van der Waals surface area contributed by atoms with Gasteiger partial charge in [0.2, 0.25) is 0 Å². The molecule has 1 fully saturated rings. The molecule has 1 aliphatic rings. The highest BCUT2D eigenvalue weighted by molar-refractivity contribution is 6.30. The van der Waals surface area contributed by atoms with Gasteiger partial charge in [0.05, 0.1) is 12.5 Å². The van der Waals surface area contributed by atoms with Gasteiger partial charge in [0, 0.05) is 29.4 Å². The van der Waals surface area contributed by atoms with Crippen LogP contribution in [-0.2, 0) is 6.61 Å². The van der Waals surface area contributed by atoms with Gasteiger partial charge < -0.3 is 10.0 Å². The number of benzene rings is 1. The second kappa shape index (κ2) is 5.59. The molecule has 1 aromatic rings. The first-order valence-corrected chi connectivity index (χ1v) is 6.50. The maximum absolute atomic E-state index is 12.6. The fraction of sp³-hybridized carbons (Fsp3) is 0.538. The van der Waals surface area contributed by atoms with Gasteiger partial charge in [0.1, 0.15) is 0 Å².